The van der Waals surface area contributed by atoms with Gasteiger partial charge in [-0.2, -0.15) is 0 Å². The molecule has 8 heteroatoms. The first-order valence-electron chi connectivity index (χ1n) is 10.8. The van der Waals surface area contributed by atoms with E-state index < -0.39 is 5.41 Å². The van der Waals surface area contributed by atoms with Crippen molar-refractivity contribution >= 4 is 55.4 Å². The lowest BCUT2D eigenvalue weighted by Gasteiger charge is -2.29. The van der Waals surface area contributed by atoms with Gasteiger partial charge in [0.05, 0.1) is 27.7 Å². The van der Waals surface area contributed by atoms with Crippen molar-refractivity contribution in [2.75, 3.05) is 25.0 Å². The van der Waals surface area contributed by atoms with Crippen LogP contribution in [0.3, 0.4) is 0 Å². The van der Waals surface area contributed by atoms with E-state index in [0.29, 0.717) is 18.7 Å². The van der Waals surface area contributed by atoms with Gasteiger partial charge in [-0.15, -0.1) is 11.3 Å². The molecule has 0 radical (unpaired) electrons. The number of nitrogens with one attached hydrogen (secondary N) is 1. The van der Waals surface area contributed by atoms with E-state index in [1.165, 1.54) is 0 Å². The van der Waals surface area contributed by atoms with Crippen molar-refractivity contribution in [2.24, 2.45) is 5.41 Å². The second-order valence-corrected chi connectivity index (χ2v) is 9.45. The van der Waals surface area contributed by atoms with Crippen LogP contribution in [0.2, 0.25) is 0 Å². The Morgan fingerprint density at radius 3 is 2.94 bits per heavy atom. The van der Waals surface area contributed by atoms with E-state index >= 15 is 0 Å². The van der Waals surface area contributed by atoms with Gasteiger partial charge in [-0.05, 0) is 71.9 Å². The molecule has 1 saturated carbocycles. The molecule has 0 spiro atoms. The summed E-state index contributed by atoms with van der Waals surface area (Å²) >= 11 is 1.62. The van der Waals surface area contributed by atoms with Crippen molar-refractivity contribution in [1.29, 1.82) is 0 Å². The molecule has 4 aromatic rings. The first-order chi connectivity index (χ1) is 15.6. The van der Waals surface area contributed by atoms with Crippen molar-refractivity contribution in [2.45, 2.75) is 19.3 Å². The molecule has 0 bridgehead atoms. The molecule has 2 N–H and O–H groups in total. The summed E-state index contributed by atoms with van der Waals surface area (Å²) in [7, 11) is 0. The highest BCUT2D eigenvalue weighted by molar-refractivity contribution is 7.16. The summed E-state index contributed by atoms with van der Waals surface area (Å²) in [5, 5.41) is 14.0. The van der Waals surface area contributed by atoms with Gasteiger partial charge in [0.2, 0.25) is 5.91 Å². The topological polar surface area (TPSA) is 92.5 Å². The molecule has 0 atom stereocenters. The van der Waals surface area contributed by atoms with Gasteiger partial charge in [-0.1, -0.05) is 12.3 Å². The van der Waals surface area contributed by atoms with Gasteiger partial charge in [0.25, 0.3) is 0 Å². The molecule has 32 heavy (non-hydrogen) atoms. The molecule has 162 valence electrons. The number of thiazole rings is 1. The van der Waals surface area contributed by atoms with Crippen LogP contribution in [0.25, 0.3) is 26.8 Å². The van der Waals surface area contributed by atoms with Gasteiger partial charge in [0.1, 0.15) is 0 Å². The smallest absolute Gasteiger partial charge is 0.231 e. The second-order valence-electron chi connectivity index (χ2n) is 8.57. The minimum atomic E-state index is -0.509. The average molecular weight is 445 g/mol. The fourth-order valence-electron chi connectivity index (χ4n) is 4.35. The van der Waals surface area contributed by atoms with Gasteiger partial charge in [-0.25, -0.2) is 4.98 Å². The van der Waals surface area contributed by atoms with Gasteiger partial charge in [0.15, 0.2) is 0 Å². The van der Waals surface area contributed by atoms with Crippen molar-refractivity contribution in [3.05, 3.63) is 53.8 Å². The van der Waals surface area contributed by atoms with Crippen LogP contribution in [0, 0.1) is 5.41 Å². The molecule has 3 aromatic heterocycles. The zero-order valence-corrected chi connectivity index (χ0v) is 18.2. The molecule has 0 saturated heterocycles. The Kier molecular flexibility index (Phi) is 4.51. The van der Waals surface area contributed by atoms with Crippen molar-refractivity contribution in [1.82, 2.24) is 19.9 Å². The number of hydrogen-bond acceptors (Lipinski definition) is 6. The van der Waals surface area contributed by atoms with Crippen LogP contribution in [-0.2, 0) is 4.79 Å². The predicted molar refractivity (Wildman–Crippen MR) is 126 cm³/mol. The van der Waals surface area contributed by atoms with Crippen molar-refractivity contribution in [3.63, 3.8) is 0 Å². The number of aliphatic hydroxyl groups excluding tert-OH is 1. The number of carbonyl (C=O) groups is 1. The fraction of sp³-hybridized carbons (Fsp3) is 0.292. The Bertz CT molecular complexity index is 1370. The molecule has 2 aliphatic rings. The lowest BCUT2D eigenvalue weighted by molar-refractivity contribution is -0.138. The highest BCUT2D eigenvalue weighted by Crippen LogP contribution is 2.47. The standard InChI is InChI=1S/C24H22N5O2S/c30-13-24(6-7-24)23(31)29-9-4-15(5-10-29)20-12-17-18(3-8-25-22(17)28-20)27-16-1-2-19-21(11-16)32-14-26-19/h1-4,8,11-12,14,30H,5-7,9-10,13H2,(H-,25,27,28)/q-1. The fourth-order valence-corrected chi connectivity index (χ4v) is 5.07. The molecule has 1 fully saturated rings. The Morgan fingerprint density at radius 2 is 2.16 bits per heavy atom. The Balaban J connectivity index is 1.25. The predicted octanol–water partition coefficient (Wildman–Crippen LogP) is 3.93. The number of amides is 1. The van der Waals surface area contributed by atoms with E-state index in [4.69, 9.17) is 4.98 Å². The summed E-state index contributed by atoms with van der Waals surface area (Å²) < 4.78 is 1.14. The SMILES string of the molecule is O=C(N1CC=C(c2cc3c(Nc4ccc5ncsc5c4)ccnc3[n-]2)CC1)C1(CO)CC1. The van der Waals surface area contributed by atoms with Gasteiger partial charge in [0, 0.05) is 24.5 Å². The number of hydrogen-bond donors (Lipinski definition) is 2. The number of rotatable bonds is 5. The zero-order valence-electron chi connectivity index (χ0n) is 17.4. The minimum Gasteiger partial charge on any atom is -0.442 e. The Labute approximate surface area is 188 Å². The summed E-state index contributed by atoms with van der Waals surface area (Å²) in [5.41, 5.74) is 7.07. The molecule has 1 aliphatic carbocycles. The largest absolute Gasteiger partial charge is 0.442 e. The highest BCUT2D eigenvalue weighted by Gasteiger charge is 2.51. The van der Waals surface area contributed by atoms with Gasteiger partial charge >= 0.3 is 0 Å². The van der Waals surface area contributed by atoms with Crippen LogP contribution >= 0.6 is 11.3 Å². The third-order valence-corrected chi connectivity index (χ3v) is 7.31. The van der Waals surface area contributed by atoms with E-state index in [2.05, 4.69) is 33.5 Å². The van der Waals surface area contributed by atoms with E-state index in [9.17, 15) is 9.90 Å². The van der Waals surface area contributed by atoms with Crippen molar-refractivity contribution in [3.8, 4) is 0 Å². The van der Waals surface area contributed by atoms with Crippen LogP contribution < -0.4 is 10.3 Å². The first kappa shape index (κ1) is 19.5. The van der Waals surface area contributed by atoms with E-state index in [1.54, 1.807) is 17.5 Å². The molecule has 1 aromatic carbocycles. The quantitative estimate of drug-likeness (QED) is 0.485. The van der Waals surface area contributed by atoms with Crippen molar-refractivity contribution < 1.29 is 9.90 Å². The van der Waals surface area contributed by atoms with Crippen LogP contribution in [0.5, 0.6) is 0 Å². The first-order valence-corrected chi connectivity index (χ1v) is 11.7. The molecular formula is C24H22N5O2S-. The number of aliphatic hydroxyl groups is 1. The zero-order chi connectivity index (χ0) is 21.7. The summed E-state index contributed by atoms with van der Waals surface area (Å²) in [4.78, 5) is 28.1. The number of pyridine rings is 1. The van der Waals surface area contributed by atoms with E-state index in [0.717, 1.165) is 57.5 Å². The molecule has 6 rings (SSSR count). The summed E-state index contributed by atoms with van der Waals surface area (Å²) in [5.74, 6) is 0.0852. The average Bonchev–Trinajstić information content (AvgIpc) is 3.27. The van der Waals surface area contributed by atoms with E-state index in [1.807, 2.05) is 28.6 Å². The summed E-state index contributed by atoms with van der Waals surface area (Å²) in [6, 6.07) is 10.2. The maximum atomic E-state index is 12.7. The number of benzene rings is 1. The monoisotopic (exact) mass is 444 g/mol. The van der Waals surface area contributed by atoms with E-state index in [-0.39, 0.29) is 12.5 Å². The third kappa shape index (κ3) is 3.27. The molecule has 1 amide bonds. The molecular weight excluding hydrogens is 422 g/mol. The summed E-state index contributed by atoms with van der Waals surface area (Å²) in [6.45, 7) is 1.17. The number of nitrogens with zero attached hydrogens (tertiary/aromatic N) is 4. The van der Waals surface area contributed by atoms with Gasteiger partial charge < -0.3 is 25.3 Å². The molecule has 7 nitrogen and oxygen atoms in total. The lowest BCUT2D eigenvalue weighted by Crippen LogP contribution is -2.41. The van der Waals surface area contributed by atoms with Gasteiger partial charge in [-0.3, -0.25) is 4.79 Å². The third-order valence-electron chi connectivity index (χ3n) is 6.52. The normalized spacial score (nSPS) is 17.5. The lowest BCUT2D eigenvalue weighted by atomic mass is 10.0. The Hall–Kier alpha value is -3.23. The minimum absolute atomic E-state index is 0.0495. The molecule has 1 aliphatic heterocycles. The Morgan fingerprint density at radius 1 is 1.25 bits per heavy atom. The van der Waals surface area contributed by atoms with Crippen LogP contribution in [0.4, 0.5) is 11.4 Å². The van der Waals surface area contributed by atoms with Crippen LogP contribution in [0.15, 0.2) is 48.1 Å². The number of anilines is 2. The maximum absolute atomic E-state index is 12.7. The number of fused-ring (bicyclic) bond motifs is 2. The van der Waals surface area contributed by atoms with Crippen LogP contribution in [-0.4, -0.2) is 45.6 Å². The number of aromatic nitrogens is 3. The highest BCUT2D eigenvalue weighted by atomic mass is 32.1. The second kappa shape index (κ2) is 7.43. The molecule has 4 heterocycles. The summed E-state index contributed by atoms with van der Waals surface area (Å²) in [6.07, 6.45) is 6.19. The molecule has 0 unspecified atom stereocenters. The maximum Gasteiger partial charge on any atom is 0.231 e. The van der Waals surface area contributed by atoms with Crippen LogP contribution in [0.1, 0.15) is 25.0 Å². The number of carbonyl (C=O) groups excluding carboxylic acids is 1.